The van der Waals surface area contributed by atoms with Crippen molar-refractivity contribution in [3.63, 3.8) is 0 Å². The van der Waals surface area contributed by atoms with Crippen LogP contribution in [0.3, 0.4) is 0 Å². The van der Waals surface area contributed by atoms with E-state index in [9.17, 15) is 0 Å². The van der Waals surface area contributed by atoms with Gasteiger partial charge in [-0.3, -0.25) is 0 Å². The third kappa shape index (κ3) is 4.60. The number of aromatic nitrogens is 7. The molecule has 2 aromatic carbocycles. The molecule has 0 bridgehead atoms. The molecule has 0 N–H and O–H groups in total. The Balaban J connectivity index is 1.51. The van der Waals surface area contributed by atoms with E-state index in [1.165, 1.54) is 11.1 Å². The lowest BCUT2D eigenvalue weighted by atomic mass is 10.1. The average molecular weight is 472 g/mol. The number of hydrogen-bond donors (Lipinski definition) is 0. The lowest BCUT2D eigenvalue weighted by Gasteiger charge is -2.09. The third-order valence-electron chi connectivity index (χ3n) is 5.34. The highest BCUT2D eigenvalue weighted by atomic mass is 32.1. The zero-order valence-electron chi connectivity index (χ0n) is 19.5. The van der Waals surface area contributed by atoms with Gasteiger partial charge in [-0.15, -0.1) is 16.4 Å². The summed E-state index contributed by atoms with van der Waals surface area (Å²) in [7, 11) is 0. The topological polar surface area (TPSA) is 83.5 Å². The van der Waals surface area contributed by atoms with Crippen LogP contribution in [0.2, 0.25) is 0 Å². The Labute approximate surface area is 201 Å². The van der Waals surface area contributed by atoms with Crippen LogP contribution in [0.25, 0.3) is 27.8 Å². The Morgan fingerprint density at radius 1 is 0.941 bits per heavy atom. The van der Waals surface area contributed by atoms with Crippen molar-refractivity contribution in [3.05, 3.63) is 77.2 Å². The zero-order chi connectivity index (χ0) is 23.7. The summed E-state index contributed by atoms with van der Waals surface area (Å²) in [6.45, 7) is 8.61. The molecule has 3 heterocycles. The molecular weight excluding hydrogens is 446 g/mol. The molecule has 0 aliphatic carbocycles. The van der Waals surface area contributed by atoms with E-state index in [1.54, 1.807) is 28.5 Å². The van der Waals surface area contributed by atoms with Gasteiger partial charge in [0.15, 0.2) is 11.6 Å². The quantitative estimate of drug-likeness (QED) is 0.328. The number of ether oxygens (including phenoxy) is 1. The number of nitrogens with zero attached hydrogens (tertiary/aromatic N) is 7. The molecule has 0 atom stereocenters. The van der Waals surface area contributed by atoms with Crippen LogP contribution < -0.4 is 4.74 Å². The van der Waals surface area contributed by atoms with E-state index in [1.807, 2.05) is 48.2 Å². The second kappa shape index (κ2) is 9.18. The maximum Gasteiger partial charge on any atom is 0.182 e. The minimum Gasteiger partial charge on any atom is -0.491 e. The van der Waals surface area contributed by atoms with E-state index >= 15 is 0 Å². The summed E-state index contributed by atoms with van der Waals surface area (Å²) in [4.78, 5) is 11.3. The van der Waals surface area contributed by atoms with Gasteiger partial charge in [-0.1, -0.05) is 6.07 Å². The Kier molecular flexibility index (Phi) is 5.93. The van der Waals surface area contributed by atoms with Crippen LogP contribution in [0.15, 0.2) is 60.2 Å². The summed E-state index contributed by atoms with van der Waals surface area (Å²) in [6, 6.07) is 14.3. The highest BCUT2D eigenvalue weighted by Crippen LogP contribution is 2.31. The van der Waals surface area contributed by atoms with E-state index < -0.39 is 0 Å². The summed E-state index contributed by atoms with van der Waals surface area (Å²) < 4.78 is 7.61. The molecule has 0 amide bonds. The highest BCUT2D eigenvalue weighted by molar-refractivity contribution is 7.13. The van der Waals surface area contributed by atoms with Gasteiger partial charge in [-0.25, -0.2) is 14.6 Å². The SMILES string of the molecule is Cc1ccc(-n2nc(Cn3nccn3)nc2-c2csc(-c3ccc(OC(C)C)cc3)n2)cc1C. The number of aryl methyl sites for hydroxylation is 2. The predicted octanol–water partition coefficient (Wildman–Crippen LogP) is 5.10. The minimum atomic E-state index is 0.139. The summed E-state index contributed by atoms with van der Waals surface area (Å²) >= 11 is 1.58. The van der Waals surface area contributed by atoms with Gasteiger partial charge >= 0.3 is 0 Å². The molecule has 9 heteroatoms. The Hall–Kier alpha value is -3.85. The third-order valence-corrected chi connectivity index (χ3v) is 6.23. The molecule has 0 saturated heterocycles. The summed E-state index contributed by atoms with van der Waals surface area (Å²) in [5, 5.41) is 16.1. The minimum absolute atomic E-state index is 0.139. The lowest BCUT2D eigenvalue weighted by Crippen LogP contribution is -2.06. The molecule has 3 aromatic heterocycles. The van der Waals surface area contributed by atoms with Gasteiger partial charge in [-0.05, 0) is 75.2 Å². The smallest absolute Gasteiger partial charge is 0.182 e. The van der Waals surface area contributed by atoms with Crippen molar-refractivity contribution < 1.29 is 4.74 Å². The van der Waals surface area contributed by atoms with Crippen LogP contribution in [0.5, 0.6) is 5.75 Å². The Morgan fingerprint density at radius 3 is 2.41 bits per heavy atom. The molecule has 0 aliphatic heterocycles. The first-order valence-corrected chi connectivity index (χ1v) is 11.9. The second-order valence-electron chi connectivity index (χ2n) is 8.32. The average Bonchev–Trinajstić information content (AvgIpc) is 3.57. The van der Waals surface area contributed by atoms with E-state index in [4.69, 9.17) is 19.8 Å². The first kappa shape index (κ1) is 22.0. The largest absolute Gasteiger partial charge is 0.491 e. The van der Waals surface area contributed by atoms with Crippen molar-refractivity contribution in [2.75, 3.05) is 0 Å². The van der Waals surface area contributed by atoms with E-state index in [-0.39, 0.29) is 6.10 Å². The Bertz CT molecular complexity index is 1400. The van der Waals surface area contributed by atoms with Crippen LogP contribution in [0.4, 0.5) is 0 Å². The molecule has 0 radical (unpaired) electrons. The van der Waals surface area contributed by atoms with E-state index in [2.05, 4.69) is 42.2 Å². The molecule has 0 fully saturated rings. The molecule has 5 rings (SSSR count). The van der Waals surface area contributed by atoms with Crippen LogP contribution in [-0.2, 0) is 6.54 Å². The van der Waals surface area contributed by atoms with Gasteiger partial charge in [0.1, 0.15) is 23.0 Å². The normalized spacial score (nSPS) is 11.3. The summed E-state index contributed by atoms with van der Waals surface area (Å²) in [6.07, 6.45) is 3.43. The first-order valence-electron chi connectivity index (χ1n) is 11.1. The van der Waals surface area contributed by atoms with E-state index in [0.29, 0.717) is 18.2 Å². The summed E-state index contributed by atoms with van der Waals surface area (Å²) in [5.41, 5.74) is 5.16. The van der Waals surface area contributed by atoms with Crippen LogP contribution in [0.1, 0.15) is 30.8 Å². The van der Waals surface area contributed by atoms with Gasteiger partial charge in [0.2, 0.25) is 0 Å². The van der Waals surface area contributed by atoms with Crippen molar-refractivity contribution in [1.82, 2.24) is 34.7 Å². The van der Waals surface area contributed by atoms with Crippen molar-refractivity contribution in [3.8, 4) is 33.5 Å². The lowest BCUT2D eigenvalue weighted by molar-refractivity contribution is 0.242. The van der Waals surface area contributed by atoms with Crippen LogP contribution in [-0.4, -0.2) is 40.8 Å². The highest BCUT2D eigenvalue weighted by Gasteiger charge is 2.18. The number of thiazole rings is 1. The van der Waals surface area contributed by atoms with Gasteiger partial charge < -0.3 is 4.74 Å². The monoisotopic (exact) mass is 471 g/mol. The van der Waals surface area contributed by atoms with Gasteiger partial charge in [-0.2, -0.15) is 15.0 Å². The fourth-order valence-electron chi connectivity index (χ4n) is 3.53. The molecule has 172 valence electrons. The van der Waals surface area contributed by atoms with Gasteiger partial charge in [0.05, 0.1) is 24.2 Å². The molecule has 0 spiro atoms. The molecule has 5 aromatic rings. The predicted molar refractivity (Wildman–Crippen MR) is 132 cm³/mol. The maximum atomic E-state index is 5.76. The molecule has 34 heavy (non-hydrogen) atoms. The van der Waals surface area contributed by atoms with Gasteiger partial charge in [0, 0.05) is 10.9 Å². The molecule has 0 aliphatic rings. The van der Waals surface area contributed by atoms with Crippen molar-refractivity contribution in [2.24, 2.45) is 0 Å². The van der Waals surface area contributed by atoms with Crippen molar-refractivity contribution in [1.29, 1.82) is 0 Å². The molecular formula is C25H25N7OS. The summed E-state index contributed by atoms with van der Waals surface area (Å²) in [5.74, 6) is 2.16. The van der Waals surface area contributed by atoms with Crippen molar-refractivity contribution in [2.45, 2.75) is 40.3 Å². The Morgan fingerprint density at radius 2 is 1.71 bits per heavy atom. The molecule has 8 nitrogen and oxygen atoms in total. The second-order valence-corrected chi connectivity index (χ2v) is 9.18. The van der Waals surface area contributed by atoms with E-state index in [0.717, 1.165) is 27.7 Å². The van der Waals surface area contributed by atoms with Crippen LogP contribution in [0, 0.1) is 13.8 Å². The first-order chi connectivity index (χ1) is 16.5. The number of benzene rings is 2. The fourth-order valence-corrected chi connectivity index (χ4v) is 4.34. The molecule has 0 saturated carbocycles. The fraction of sp³-hybridized carbons (Fsp3) is 0.240. The van der Waals surface area contributed by atoms with Crippen molar-refractivity contribution >= 4 is 11.3 Å². The molecule has 0 unspecified atom stereocenters. The van der Waals surface area contributed by atoms with Gasteiger partial charge in [0.25, 0.3) is 0 Å². The standard InChI is InChI=1S/C25H25N7OS/c1-16(2)33-21-9-6-19(7-10-21)25-28-22(15-34-25)24-29-23(14-31-26-11-12-27-31)30-32(24)20-8-5-17(3)18(4)13-20/h5-13,15-16H,14H2,1-4H3. The maximum absolute atomic E-state index is 5.76. The number of rotatable bonds is 7. The number of hydrogen-bond acceptors (Lipinski definition) is 7. The van der Waals surface area contributed by atoms with Crippen LogP contribution >= 0.6 is 11.3 Å². The zero-order valence-corrected chi connectivity index (χ0v) is 20.3.